The van der Waals surface area contributed by atoms with Crippen LogP contribution in [0.2, 0.25) is 0 Å². The van der Waals surface area contributed by atoms with Gasteiger partial charge in [0.1, 0.15) is 12.2 Å². The van der Waals surface area contributed by atoms with Crippen LogP contribution in [0.1, 0.15) is 21.9 Å². The summed E-state index contributed by atoms with van der Waals surface area (Å²) >= 11 is 0. The van der Waals surface area contributed by atoms with Gasteiger partial charge < -0.3 is 4.90 Å². The molecule has 2 heterocycles. The highest BCUT2D eigenvalue weighted by Gasteiger charge is 2.17. The van der Waals surface area contributed by atoms with E-state index in [-0.39, 0.29) is 5.91 Å². The van der Waals surface area contributed by atoms with Gasteiger partial charge in [-0.1, -0.05) is 18.2 Å². The van der Waals surface area contributed by atoms with Gasteiger partial charge in [-0.15, -0.1) is 0 Å². The molecule has 0 aliphatic carbocycles. The van der Waals surface area contributed by atoms with E-state index in [2.05, 4.69) is 20.2 Å². The van der Waals surface area contributed by atoms with E-state index in [1.165, 1.54) is 6.33 Å². The maximum Gasteiger partial charge on any atom is 0.254 e. The van der Waals surface area contributed by atoms with Crippen LogP contribution in [0.4, 0.5) is 0 Å². The number of amides is 1. The van der Waals surface area contributed by atoms with Gasteiger partial charge in [0, 0.05) is 18.1 Å². The quantitative estimate of drug-likeness (QED) is 0.796. The fourth-order valence-electron chi connectivity index (χ4n) is 2.29. The van der Waals surface area contributed by atoms with Crippen molar-refractivity contribution < 1.29 is 4.79 Å². The smallest absolute Gasteiger partial charge is 0.254 e. The molecule has 0 fully saturated rings. The maximum atomic E-state index is 12.7. The van der Waals surface area contributed by atoms with Crippen molar-refractivity contribution in [2.75, 3.05) is 7.05 Å². The highest BCUT2D eigenvalue weighted by atomic mass is 16.2. The number of hydrogen-bond donors (Lipinski definition) is 1. The average Bonchev–Trinajstić information content (AvgIpc) is 2.98. The number of benzene rings is 1. The second-order valence-corrected chi connectivity index (χ2v) is 4.92. The van der Waals surface area contributed by atoms with E-state index in [1.54, 1.807) is 11.9 Å². The molecule has 0 radical (unpaired) electrons. The minimum absolute atomic E-state index is 0.0619. The molecule has 1 aromatic carbocycles. The Kier molecular flexibility index (Phi) is 3.35. The van der Waals surface area contributed by atoms with Crippen molar-refractivity contribution >= 4 is 16.8 Å². The number of fused-ring (bicyclic) bond motifs is 1. The molecule has 0 saturated carbocycles. The van der Waals surface area contributed by atoms with Gasteiger partial charge in [0.25, 0.3) is 5.91 Å². The van der Waals surface area contributed by atoms with Gasteiger partial charge >= 0.3 is 0 Å². The summed E-state index contributed by atoms with van der Waals surface area (Å²) in [6.07, 6.45) is 1.43. The summed E-state index contributed by atoms with van der Waals surface area (Å²) in [7, 11) is 1.75. The lowest BCUT2D eigenvalue weighted by Gasteiger charge is -2.17. The highest BCUT2D eigenvalue weighted by molar-refractivity contribution is 6.06. The first kappa shape index (κ1) is 13.2. The fourth-order valence-corrected chi connectivity index (χ4v) is 2.29. The van der Waals surface area contributed by atoms with E-state index in [0.29, 0.717) is 17.9 Å². The molecule has 0 atom stereocenters. The lowest BCUT2D eigenvalue weighted by Crippen LogP contribution is -2.27. The Hall–Kier alpha value is -2.76. The van der Waals surface area contributed by atoms with Crippen LogP contribution < -0.4 is 0 Å². The Morgan fingerprint density at radius 3 is 2.90 bits per heavy atom. The standard InChI is InChI=1S/C15H15N5O/c1-10-7-12(11-5-3-4-6-13(11)18-10)15(21)20(2)8-14-16-9-17-19-14/h3-7,9H,8H2,1-2H3,(H,16,17,19). The number of nitrogens with zero attached hydrogens (tertiary/aromatic N) is 4. The number of carbonyl (C=O) groups is 1. The van der Waals surface area contributed by atoms with Gasteiger partial charge in [-0.2, -0.15) is 5.10 Å². The summed E-state index contributed by atoms with van der Waals surface area (Å²) in [5.74, 6) is 0.592. The number of nitrogens with one attached hydrogen (secondary N) is 1. The number of aromatic amines is 1. The second kappa shape index (κ2) is 5.32. The largest absolute Gasteiger partial charge is 0.334 e. The third-order valence-electron chi connectivity index (χ3n) is 3.27. The van der Waals surface area contributed by atoms with Crippen molar-refractivity contribution in [1.29, 1.82) is 0 Å². The lowest BCUT2D eigenvalue weighted by atomic mass is 10.1. The molecule has 3 aromatic rings. The van der Waals surface area contributed by atoms with Crippen LogP contribution in [-0.2, 0) is 6.54 Å². The van der Waals surface area contributed by atoms with Gasteiger partial charge in [-0.3, -0.25) is 14.9 Å². The molecule has 0 aliphatic rings. The average molecular weight is 281 g/mol. The second-order valence-electron chi connectivity index (χ2n) is 4.92. The van der Waals surface area contributed by atoms with E-state index in [9.17, 15) is 4.79 Å². The Morgan fingerprint density at radius 1 is 1.33 bits per heavy atom. The Morgan fingerprint density at radius 2 is 2.14 bits per heavy atom. The van der Waals surface area contributed by atoms with Crippen molar-refractivity contribution in [2.24, 2.45) is 0 Å². The maximum absolute atomic E-state index is 12.7. The summed E-state index contributed by atoms with van der Waals surface area (Å²) in [5, 5.41) is 7.40. The highest BCUT2D eigenvalue weighted by Crippen LogP contribution is 2.19. The molecular formula is C15H15N5O. The van der Waals surface area contributed by atoms with Crippen LogP contribution in [0.3, 0.4) is 0 Å². The molecule has 1 amide bonds. The van der Waals surface area contributed by atoms with Crippen molar-refractivity contribution in [2.45, 2.75) is 13.5 Å². The van der Waals surface area contributed by atoms with E-state index in [4.69, 9.17) is 0 Å². The SMILES string of the molecule is Cc1cc(C(=O)N(C)Cc2ncn[nH]2)c2ccccc2n1. The van der Waals surface area contributed by atoms with E-state index < -0.39 is 0 Å². The normalized spacial score (nSPS) is 10.8. The van der Waals surface area contributed by atoms with E-state index >= 15 is 0 Å². The van der Waals surface area contributed by atoms with Gasteiger partial charge in [0.2, 0.25) is 0 Å². The lowest BCUT2D eigenvalue weighted by molar-refractivity contribution is 0.0783. The van der Waals surface area contributed by atoms with Crippen LogP contribution >= 0.6 is 0 Å². The van der Waals surface area contributed by atoms with Crippen molar-refractivity contribution in [3.05, 3.63) is 53.7 Å². The third-order valence-corrected chi connectivity index (χ3v) is 3.27. The van der Waals surface area contributed by atoms with Crippen LogP contribution in [0, 0.1) is 6.92 Å². The summed E-state index contributed by atoms with van der Waals surface area (Å²) < 4.78 is 0. The predicted molar refractivity (Wildman–Crippen MR) is 78.7 cm³/mol. The number of aromatic nitrogens is 4. The molecule has 0 spiro atoms. The van der Waals surface area contributed by atoms with E-state index in [1.807, 2.05) is 37.3 Å². The zero-order valence-corrected chi connectivity index (χ0v) is 11.9. The number of H-pyrrole nitrogens is 1. The van der Waals surface area contributed by atoms with Crippen LogP contribution in [0.5, 0.6) is 0 Å². The summed E-state index contributed by atoms with van der Waals surface area (Å²) in [4.78, 5) is 22.8. The Bertz CT molecular complexity index is 782. The molecule has 0 unspecified atom stereocenters. The monoisotopic (exact) mass is 281 g/mol. The topological polar surface area (TPSA) is 74.8 Å². The zero-order valence-electron chi connectivity index (χ0n) is 11.9. The van der Waals surface area contributed by atoms with Gasteiger partial charge in [0.05, 0.1) is 17.6 Å². The molecule has 21 heavy (non-hydrogen) atoms. The number of carbonyl (C=O) groups excluding carboxylic acids is 1. The van der Waals surface area contributed by atoms with Crippen LogP contribution in [0.15, 0.2) is 36.7 Å². The summed E-state index contributed by atoms with van der Waals surface area (Å²) in [6, 6.07) is 9.47. The van der Waals surface area contributed by atoms with Crippen molar-refractivity contribution in [3.63, 3.8) is 0 Å². The minimum atomic E-state index is -0.0619. The van der Waals surface area contributed by atoms with E-state index in [0.717, 1.165) is 16.6 Å². The molecule has 1 N–H and O–H groups in total. The van der Waals surface area contributed by atoms with Crippen molar-refractivity contribution in [1.82, 2.24) is 25.1 Å². The van der Waals surface area contributed by atoms with Crippen molar-refractivity contribution in [3.8, 4) is 0 Å². The Balaban J connectivity index is 1.97. The molecule has 0 bridgehead atoms. The van der Waals surface area contributed by atoms with Crippen LogP contribution in [0.25, 0.3) is 10.9 Å². The van der Waals surface area contributed by atoms with Crippen LogP contribution in [-0.4, -0.2) is 38.0 Å². The van der Waals surface area contributed by atoms with Gasteiger partial charge in [0.15, 0.2) is 0 Å². The molecular weight excluding hydrogens is 266 g/mol. The molecule has 0 saturated heterocycles. The molecule has 6 nitrogen and oxygen atoms in total. The molecule has 0 aliphatic heterocycles. The number of aryl methyl sites for hydroxylation is 1. The zero-order chi connectivity index (χ0) is 14.8. The third kappa shape index (κ3) is 2.60. The fraction of sp³-hybridized carbons (Fsp3) is 0.200. The molecule has 6 heteroatoms. The first-order chi connectivity index (χ1) is 10.1. The minimum Gasteiger partial charge on any atom is -0.334 e. The van der Waals surface area contributed by atoms with Gasteiger partial charge in [-0.25, -0.2) is 4.98 Å². The number of para-hydroxylation sites is 1. The molecule has 2 aromatic heterocycles. The molecule has 106 valence electrons. The first-order valence-corrected chi connectivity index (χ1v) is 6.61. The Labute approximate surface area is 121 Å². The summed E-state index contributed by atoms with van der Waals surface area (Å²) in [6.45, 7) is 2.27. The number of rotatable bonds is 3. The van der Waals surface area contributed by atoms with Gasteiger partial charge in [-0.05, 0) is 19.1 Å². The summed E-state index contributed by atoms with van der Waals surface area (Å²) in [5.41, 5.74) is 2.30. The first-order valence-electron chi connectivity index (χ1n) is 6.61. The number of pyridine rings is 1. The number of hydrogen-bond acceptors (Lipinski definition) is 4. The molecule has 3 rings (SSSR count). The predicted octanol–water partition coefficient (Wildman–Crippen LogP) is 1.93.